The van der Waals surface area contributed by atoms with Gasteiger partial charge in [-0.1, -0.05) is 0 Å². The highest BCUT2D eigenvalue weighted by Gasteiger charge is 2.33. The SMILES string of the molecule is Cc1ncc2c(F)c(C#N)c(C3CC3)n2n1. The molecule has 1 fully saturated rings. The van der Waals surface area contributed by atoms with E-state index in [1.165, 1.54) is 10.7 Å². The number of aryl methyl sites for hydroxylation is 1. The molecule has 0 saturated heterocycles. The average molecular weight is 216 g/mol. The largest absolute Gasteiger partial charge is 0.237 e. The van der Waals surface area contributed by atoms with Crippen LogP contribution in [0.25, 0.3) is 5.52 Å². The fourth-order valence-corrected chi connectivity index (χ4v) is 1.95. The van der Waals surface area contributed by atoms with Crippen LogP contribution in [0.4, 0.5) is 4.39 Å². The van der Waals surface area contributed by atoms with Crippen LogP contribution in [0.2, 0.25) is 0 Å². The molecule has 1 aliphatic carbocycles. The zero-order chi connectivity index (χ0) is 11.3. The number of aromatic nitrogens is 3. The first-order valence-electron chi connectivity index (χ1n) is 5.16. The van der Waals surface area contributed by atoms with E-state index in [1.54, 1.807) is 6.92 Å². The Morgan fingerprint density at radius 1 is 1.56 bits per heavy atom. The molecule has 0 atom stereocenters. The number of nitriles is 1. The first-order valence-corrected chi connectivity index (χ1v) is 5.16. The Morgan fingerprint density at radius 3 is 2.94 bits per heavy atom. The summed E-state index contributed by atoms with van der Waals surface area (Å²) in [4.78, 5) is 3.96. The van der Waals surface area contributed by atoms with Crippen molar-refractivity contribution in [1.82, 2.24) is 14.6 Å². The highest BCUT2D eigenvalue weighted by molar-refractivity contribution is 5.58. The van der Waals surface area contributed by atoms with Crippen LogP contribution >= 0.6 is 0 Å². The Kier molecular flexibility index (Phi) is 1.75. The van der Waals surface area contributed by atoms with Gasteiger partial charge in [0.05, 0.1) is 11.9 Å². The van der Waals surface area contributed by atoms with E-state index in [9.17, 15) is 4.39 Å². The lowest BCUT2D eigenvalue weighted by molar-refractivity contribution is 0.634. The lowest BCUT2D eigenvalue weighted by Gasteiger charge is -1.99. The van der Waals surface area contributed by atoms with Gasteiger partial charge in [-0.2, -0.15) is 10.4 Å². The molecule has 0 unspecified atom stereocenters. The van der Waals surface area contributed by atoms with Gasteiger partial charge in [0, 0.05) is 5.92 Å². The Bertz CT molecular complexity index is 619. The maximum Gasteiger partial charge on any atom is 0.170 e. The summed E-state index contributed by atoms with van der Waals surface area (Å²) in [6.45, 7) is 1.75. The fourth-order valence-electron chi connectivity index (χ4n) is 1.95. The molecule has 1 aliphatic rings. The van der Waals surface area contributed by atoms with E-state index in [0.717, 1.165) is 12.8 Å². The molecule has 2 heterocycles. The lowest BCUT2D eigenvalue weighted by Crippen LogP contribution is -2.00. The molecule has 0 aromatic carbocycles. The molecule has 16 heavy (non-hydrogen) atoms. The van der Waals surface area contributed by atoms with Crippen LogP contribution in [0.3, 0.4) is 0 Å². The van der Waals surface area contributed by atoms with Crippen LogP contribution < -0.4 is 0 Å². The van der Waals surface area contributed by atoms with Crippen LogP contribution in [-0.2, 0) is 0 Å². The predicted molar refractivity (Wildman–Crippen MR) is 54.4 cm³/mol. The second-order valence-electron chi connectivity index (χ2n) is 4.06. The van der Waals surface area contributed by atoms with E-state index < -0.39 is 5.82 Å². The van der Waals surface area contributed by atoms with Crippen molar-refractivity contribution in [1.29, 1.82) is 5.26 Å². The van der Waals surface area contributed by atoms with E-state index in [1.807, 2.05) is 6.07 Å². The minimum Gasteiger partial charge on any atom is -0.237 e. The summed E-state index contributed by atoms with van der Waals surface area (Å²) in [5, 5.41) is 13.2. The van der Waals surface area contributed by atoms with Crippen LogP contribution in [0.15, 0.2) is 6.20 Å². The highest BCUT2D eigenvalue weighted by atomic mass is 19.1. The van der Waals surface area contributed by atoms with Gasteiger partial charge in [0.1, 0.15) is 23.0 Å². The maximum atomic E-state index is 13.9. The van der Waals surface area contributed by atoms with Gasteiger partial charge in [-0.25, -0.2) is 13.9 Å². The van der Waals surface area contributed by atoms with Crippen molar-refractivity contribution in [2.24, 2.45) is 0 Å². The van der Waals surface area contributed by atoms with Gasteiger partial charge >= 0.3 is 0 Å². The summed E-state index contributed by atoms with van der Waals surface area (Å²) in [7, 11) is 0. The van der Waals surface area contributed by atoms with Crippen molar-refractivity contribution in [2.75, 3.05) is 0 Å². The molecule has 0 radical (unpaired) electrons. The fraction of sp³-hybridized carbons (Fsp3) is 0.364. The van der Waals surface area contributed by atoms with E-state index >= 15 is 0 Å². The summed E-state index contributed by atoms with van der Waals surface area (Å²) in [6.07, 6.45) is 3.44. The molecule has 80 valence electrons. The van der Waals surface area contributed by atoms with Crippen LogP contribution in [0, 0.1) is 24.1 Å². The molecule has 0 N–H and O–H groups in total. The standard InChI is InChI=1S/C11H9FN4/c1-6-14-5-9-10(12)8(4-13)11(7-2-3-7)16(9)15-6/h5,7H,2-3H2,1H3. The van der Waals surface area contributed by atoms with E-state index in [0.29, 0.717) is 17.0 Å². The number of hydrogen-bond donors (Lipinski definition) is 0. The molecule has 3 rings (SSSR count). The van der Waals surface area contributed by atoms with Gasteiger partial charge < -0.3 is 0 Å². The quantitative estimate of drug-likeness (QED) is 0.731. The van der Waals surface area contributed by atoms with Gasteiger partial charge in [0.25, 0.3) is 0 Å². The molecular formula is C11H9FN4. The molecule has 2 aromatic heterocycles. The zero-order valence-electron chi connectivity index (χ0n) is 8.74. The van der Waals surface area contributed by atoms with Gasteiger partial charge in [0.2, 0.25) is 0 Å². The minimum absolute atomic E-state index is 0.127. The predicted octanol–water partition coefficient (Wildman–Crippen LogP) is 1.93. The number of fused-ring (bicyclic) bond motifs is 1. The van der Waals surface area contributed by atoms with Crippen molar-refractivity contribution < 1.29 is 4.39 Å². The second-order valence-corrected chi connectivity index (χ2v) is 4.06. The van der Waals surface area contributed by atoms with Crippen molar-refractivity contribution in [2.45, 2.75) is 25.7 Å². The topological polar surface area (TPSA) is 54.0 Å². The van der Waals surface area contributed by atoms with E-state index in [4.69, 9.17) is 5.26 Å². The monoisotopic (exact) mass is 216 g/mol. The molecule has 0 bridgehead atoms. The maximum absolute atomic E-state index is 13.9. The smallest absolute Gasteiger partial charge is 0.170 e. The van der Waals surface area contributed by atoms with E-state index in [-0.39, 0.29) is 11.5 Å². The normalized spacial score (nSPS) is 15.3. The third-order valence-electron chi connectivity index (χ3n) is 2.85. The summed E-state index contributed by atoms with van der Waals surface area (Å²) in [6, 6.07) is 1.93. The third-order valence-corrected chi connectivity index (χ3v) is 2.85. The summed E-state index contributed by atoms with van der Waals surface area (Å²) >= 11 is 0. The van der Waals surface area contributed by atoms with Crippen molar-refractivity contribution in [3.8, 4) is 6.07 Å². The molecule has 0 spiro atoms. The molecule has 5 heteroatoms. The Balaban J connectivity index is 2.43. The van der Waals surface area contributed by atoms with Gasteiger partial charge in [-0.15, -0.1) is 0 Å². The first kappa shape index (κ1) is 9.28. The van der Waals surface area contributed by atoms with Gasteiger partial charge in [-0.3, -0.25) is 0 Å². The van der Waals surface area contributed by atoms with Crippen LogP contribution in [0.1, 0.15) is 35.8 Å². The molecule has 0 aliphatic heterocycles. The summed E-state index contributed by atoms with van der Waals surface area (Å²) < 4.78 is 15.4. The Hall–Kier alpha value is -1.96. The molecule has 2 aromatic rings. The number of halogens is 1. The third kappa shape index (κ3) is 1.13. The van der Waals surface area contributed by atoms with Crippen molar-refractivity contribution in [3.63, 3.8) is 0 Å². The van der Waals surface area contributed by atoms with Gasteiger partial charge in [-0.05, 0) is 19.8 Å². The minimum atomic E-state index is -0.496. The number of hydrogen-bond acceptors (Lipinski definition) is 3. The lowest BCUT2D eigenvalue weighted by atomic mass is 10.2. The van der Waals surface area contributed by atoms with Gasteiger partial charge in [0.15, 0.2) is 5.82 Å². The number of nitrogens with zero attached hydrogens (tertiary/aromatic N) is 4. The molecular weight excluding hydrogens is 207 g/mol. The Morgan fingerprint density at radius 2 is 2.31 bits per heavy atom. The highest BCUT2D eigenvalue weighted by Crippen LogP contribution is 2.43. The summed E-state index contributed by atoms with van der Waals surface area (Å²) in [5.41, 5.74) is 1.13. The average Bonchev–Trinajstić information content (AvgIpc) is 3.05. The van der Waals surface area contributed by atoms with Crippen molar-refractivity contribution in [3.05, 3.63) is 29.1 Å². The first-order chi connectivity index (χ1) is 7.72. The zero-order valence-corrected chi connectivity index (χ0v) is 8.74. The van der Waals surface area contributed by atoms with Crippen LogP contribution in [-0.4, -0.2) is 14.6 Å². The molecule has 0 amide bonds. The Labute approximate surface area is 91.3 Å². The number of rotatable bonds is 1. The molecule has 1 saturated carbocycles. The second kappa shape index (κ2) is 3.01. The molecule has 4 nitrogen and oxygen atoms in total. The van der Waals surface area contributed by atoms with Crippen LogP contribution in [0.5, 0.6) is 0 Å². The van der Waals surface area contributed by atoms with E-state index in [2.05, 4.69) is 10.1 Å². The van der Waals surface area contributed by atoms with Crippen molar-refractivity contribution >= 4 is 5.52 Å². The summed E-state index contributed by atoms with van der Waals surface area (Å²) in [5.74, 6) is 0.360.